The predicted molar refractivity (Wildman–Crippen MR) is 73.2 cm³/mol. The van der Waals surface area contributed by atoms with Crippen LogP contribution in [0.25, 0.3) is 0 Å². The summed E-state index contributed by atoms with van der Waals surface area (Å²) in [6, 6.07) is 0. The molecule has 0 bridgehead atoms. The molecule has 16 heavy (non-hydrogen) atoms. The van der Waals surface area contributed by atoms with Gasteiger partial charge in [-0.2, -0.15) is 0 Å². The molecule has 0 aliphatic heterocycles. The zero-order valence-electron chi connectivity index (χ0n) is 11.3. The summed E-state index contributed by atoms with van der Waals surface area (Å²) in [6.45, 7) is 5.55. The first-order valence-corrected chi connectivity index (χ1v) is 7.35. The topological polar surface area (TPSA) is 12.4 Å². The molecule has 0 amide bonds. The van der Waals surface area contributed by atoms with Crippen molar-refractivity contribution in [1.29, 1.82) is 0 Å². The van der Waals surface area contributed by atoms with E-state index in [9.17, 15) is 0 Å². The van der Waals surface area contributed by atoms with Crippen molar-refractivity contribution in [2.45, 2.75) is 71.6 Å². The van der Waals surface area contributed by atoms with E-state index in [2.05, 4.69) is 25.1 Å². The molecule has 0 spiro atoms. The Bertz CT molecular complexity index is 180. The lowest BCUT2D eigenvalue weighted by Crippen LogP contribution is -2.12. The molecule has 0 aromatic heterocycles. The van der Waals surface area contributed by atoms with E-state index in [4.69, 9.17) is 0 Å². The Morgan fingerprint density at radius 1 is 1.19 bits per heavy atom. The van der Waals surface area contributed by atoms with Gasteiger partial charge in [0.15, 0.2) is 0 Å². The predicted octanol–water partition coefficient (Wildman–Crippen LogP) is 4.85. The van der Waals surface area contributed by atoms with E-state index in [0.717, 1.165) is 24.8 Å². The van der Waals surface area contributed by atoms with Crippen molar-refractivity contribution in [3.05, 3.63) is 0 Å². The second kappa shape index (κ2) is 8.78. The molecule has 0 aromatic carbocycles. The average molecular weight is 223 g/mol. The highest BCUT2D eigenvalue weighted by Gasteiger charge is 2.17. The van der Waals surface area contributed by atoms with Crippen molar-refractivity contribution in [2.75, 3.05) is 6.54 Å². The first-order valence-electron chi connectivity index (χ1n) is 7.35. The first kappa shape index (κ1) is 13.7. The molecule has 0 saturated heterocycles. The summed E-state index contributed by atoms with van der Waals surface area (Å²) in [5.41, 5.74) is 0. The maximum absolute atomic E-state index is 4.45. The van der Waals surface area contributed by atoms with Gasteiger partial charge < -0.3 is 0 Å². The van der Waals surface area contributed by atoms with Crippen LogP contribution < -0.4 is 0 Å². The van der Waals surface area contributed by atoms with Crippen molar-refractivity contribution in [1.82, 2.24) is 0 Å². The maximum atomic E-state index is 4.45. The van der Waals surface area contributed by atoms with Crippen molar-refractivity contribution in [3.63, 3.8) is 0 Å². The summed E-state index contributed by atoms with van der Waals surface area (Å²) in [7, 11) is 0. The summed E-state index contributed by atoms with van der Waals surface area (Å²) in [4.78, 5) is 4.45. The van der Waals surface area contributed by atoms with Gasteiger partial charge in [-0.1, -0.05) is 52.4 Å². The molecule has 94 valence electrons. The Kier molecular flexibility index (Phi) is 7.54. The van der Waals surface area contributed by atoms with Crippen molar-refractivity contribution in [2.24, 2.45) is 16.8 Å². The minimum atomic E-state index is 0.928. The van der Waals surface area contributed by atoms with Gasteiger partial charge in [0.1, 0.15) is 0 Å². The van der Waals surface area contributed by atoms with Gasteiger partial charge in [-0.25, -0.2) is 0 Å². The van der Waals surface area contributed by atoms with Gasteiger partial charge in [0, 0.05) is 6.54 Å². The van der Waals surface area contributed by atoms with Gasteiger partial charge in [0.2, 0.25) is 0 Å². The van der Waals surface area contributed by atoms with E-state index in [1.165, 1.54) is 51.4 Å². The molecule has 1 rings (SSSR count). The quantitative estimate of drug-likeness (QED) is 0.547. The van der Waals surface area contributed by atoms with Crippen LogP contribution in [0.1, 0.15) is 71.6 Å². The van der Waals surface area contributed by atoms with E-state index in [-0.39, 0.29) is 0 Å². The summed E-state index contributed by atoms with van der Waals surface area (Å²) in [5, 5.41) is 0. The Morgan fingerprint density at radius 2 is 1.94 bits per heavy atom. The minimum Gasteiger partial charge on any atom is -0.298 e. The molecular weight excluding hydrogens is 194 g/mol. The molecule has 0 N–H and O–H groups in total. The average Bonchev–Trinajstić information content (AvgIpc) is 2.34. The summed E-state index contributed by atoms with van der Waals surface area (Å²) < 4.78 is 0. The van der Waals surface area contributed by atoms with Gasteiger partial charge in [-0.05, 0) is 37.3 Å². The SMILES string of the molecule is CC/C=N\CCC(CC)CC1CCCCC1. The van der Waals surface area contributed by atoms with Crippen LogP contribution in [0.3, 0.4) is 0 Å². The molecule has 1 aliphatic rings. The van der Waals surface area contributed by atoms with Gasteiger partial charge in [0.05, 0.1) is 0 Å². The molecule has 1 heteroatoms. The summed E-state index contributed by atoms with van der Waals surface area (Å²) >= 11 is 0. The molecular formula is C15H29N. The molecule has 1 saturated carbocycles. The lowest BCUT2D eigenvalue weighted by molar-refractivity contribution is 0.276. The standard InChI is InChI=1S/C15H29N/c1-3-11-16-12-10-14(4-2)13-15-8-6-5-7-9-15/h11,14-15H,3-10,12-13H2,1-2H3/b16-11-. The fourth-order valence-corrected chi connectivity index (χ4v) is 2.86. The second-order valence-electron chi connectivity index (χ2n) is 5.30. The van der Waals surface area contributed by atoms with Crippen molar-refractivity contribution >= 4 is 6.21 Å². The molecule has 0 heterocycles. The number of hydrogen-bond donors (Lipinski definition) is 0. The van der Waals surface area contributed by atoms with E-state index in [0.29, 0.717) is 0 Å². The van der Waals surface area contributed by atoms with E-state index in [1.54, 1.807) is 0 Å². The van der Waals surface area contributed by atoms with E-state index in [1.807, 2.05) is 0 Å². The Morgan fingerprint density at radius 3 is 2.56 bits per heavy atom. The van der Waals surface area contributed by atoms with E-state index >= 15 is 0 Å². The third-order valence-electron chi connectivity index (χ3n) is 3.95. The highest BCUT2D eigenvalue weighted by atomic mass is 14.7. The normalized spacial score (nSPS) is 20.4. The van der Waals surface area contributed by atoms with Crippen molar-refractivity contribution < 1.29 is 0 Å². The van der Waals surface area contributed by atoms with Crippen LogP contribution in [0.15, 0.2) is 4.99 Å². The number of hydrogen-bond acceptors (Lipinski definition) is 1. The summed E-state index contributed by atoms with van der Waals surface area (Å²) in [5.74, 6) is 1.96. The second-order valence-corrected chi connectivity index (χ2v) is 5.30. The number of nitrogens with zero attached hydrogens (tertiary/aromatic N) is 1. The Hall–Kier alpha value is -0.330. The first-order chi connectivity index (χ1) is 7.86. The number of rotatable bonds is 7. The molecule has 1 aliphatic carbocycles. The van der Waals surface area contributed by atoms with Gasteiger partial charge in [-0.3, -0.25) is 4.99 Å². The molecule has 0 radical (unpaired) electrons. The Labute approximate surface area is 102 Å². The highest BCUT2D eigenvalue weighted by Crippen LogP contribution is 2.31. The lowest BCUT2D eigenvalue weighted by Gasteiger charge is -2.25. The largest absolute Gasteiger partial charge is 0.298 e. The summed E-state index contributed by atoms with van der Waals surface area (Å²) in [6.07, 6.45) is 14.7. The lowest BCUT2D eigenvalue weighted by atomic mass is 9.81. The van der Waals surface area contributed by atoms with Gasteiger partial charge in [-0.15, -0.1) is 0 Å². The minimum absolute atomic E-state index is 0.928. The molecule has 1 unspecified atom stereocenters. The fraction of sp³-hybridized carbons (Fsp3) is 0.933. The Balaban J connectivity index is 2.16. The van der Waals surface area contributed by atoms with E-state index < -0.39 is 0 Å². The van der Waals surface area contributed by atoms with Crippen molar-refractivity contribution in [3.8, 4) is 0 Å². The number of aliphatic imine (C=N–C) groups is 1. The van der Waals surface area contributed by atoms with Crippen LogP contribution in [-0.2, 0) is 0 Å². The van der Waals surface area contributed by atoms with Crippen LogP contribution in [-0.4, -0.2) is 12.8 Å². The molecule has 1 fully saturated rings. The van der Waals surface area contributed by atoms with Crippen LogP contribution in [0.2, 0.25) is 0 Å². The van der Waals surface area contributed by atoms with Crippen LogP contribution in [0.5, 0.6) is 0 Å². The molecule has 1 nitrogen and oxygen atoms in total. The monoisotopic (exact) mass is 223 g/mol. The fourth-order valence-electron chi connectivity index (χ4n) is 2.86. The van der Waals surface area contributed by atoms with Gasteiger partial charge in [0.25, 0.3) is 0 Å². The molecule has 1 atom stereocenters. The van der Waals surface area contributed by atoms with Gasteiger partial charge >= 0.3 is 0 Å². The van der Waals surface area contributed by atoms with Crippen LogP contribution >= 0.6 is 0 Å². The zero-order chi connectivity index (χ0) is 11.6. The van der Waals surface area contributed by atoms with Crippen LogP contribution in [0.4, 0.5) is 0 Å². The zero-order valence-corrected chi connectivity index (χ0v) is 11.3. The molecule has 0 aromatic rings. The third-order valence-corrected chi connectivity index (χ3v) is 3.95. The smallest absolute Gasteiger partial charge is 0.0388 e. The maximum Gasteiger partial charge on any atom is 0.0388 e. The van der Waals surface area contributed by atoms with Crippen LogP contribution in [0, 0.1) is 11.8 Å². The highest BCUT2D eigenvalue weighted by molar-refractivity contribution is 5.56. The third kappa shape index (κ3) is 5.67.